The molecule has 0 aromatic rings. The molecule has 2 atom stereocenters. The van der Waals surface area contributed by atoms with Gasteiger partial charge in [0.1, 0.15) is 0 Å². The minimum absolute atomic E-state index is 0.771. The van der Waals surface area contributed by atoms with E-state index >= 15 is 0 Å². The van der Waals surface area contributed by atoms with E-state index in [2.05, 4.69) is 24.1 Å². The highest BCUT2D eigenvalue weighted by molar-refractivity contribution is 4.83. The maximum atomic E-state index is 3.63. The molecule has 0 bridgehead atoms. The molecule has 2 fully saturated rings. The first-order chi connectivity index (χ1) is 7.79. The fraction of sp³-hybridized carbons (Fsp3) is 1.00. The molecule has 0 radical (unpaired) electrons. The van der Waals surface area contributed by atoms with Gasteiger partial charge in [0.2, 0.25) is 0 Å². The molecule has 2 nitrogen and oxygen atoms in total. The van der Waals surface area contributed by atoms with Crippen LogP contribution in [0.3, 0.4) is 0 Å². The Kier molecular flexibility index (Phi) is 4.66. The third-order valence-corrected chi connectivity index (χ3v) is 4.12. The minimum Gasteiger partial charge on any atom is -0.313 e. The number of nitrogens with one attached hydrogen (secondary N) is 1. The first-order valence-corrected chi connectivity index (χ1v) is 7.27. The molecule has 1 N–H and O–H groups in total. The van der Waals surface area contributed by atoms with Gasteiger partial charge in [0.05, 0.1) is 0 Å². The summed E-state index contributed by atoms with van der Waals surface area (Å²) in [6.07, 6.45) is 8.48. The van der Waals surface area contributed by atoms with Crippen molar-refractivity contribution in [3.63, 3.8) is 0 Å². The summed E-state index contributed by atoms with van der Waals surface area (Å²) in [6.45, 7) is 8.54. The number of nitrogens with zero attached hydrogens (tertiary/aromatic N) is 1. The zero-order chi connectivity index (χ0) is 11.4. The highest BCUT2D eigenvalue weighted by Crippen LogP contribution is 2.34. The van der Waals surface area contributed by atoms with Gasteiger partial charge in [-0.25, -0.2) is 0 Å². The summed E-state index contributed by atoms with van der Waals surface area (Å²) in [5.41, 5.74) is 0. The van der Waals surface area contributed by atoms with Gasteiger partial charge in [-0.1, -0.05) is 19.8 Å². The highest BCUT2D eigenvalue weighted by Gasteiger charge is 2.27. The normalized spacial score (nSPS) is 27.6. The van der Waals surface area contributed by atoms with E-state index in [1.165, 1.54) is 58.2 Å². The molecule has 1 saturated heterocycles. The van der Waals surface area contributed by atoms with Crippen molar-refractivity contribution in [1.29, 1.82) is 0 Å². The number of rotatable bonds is 7. The maximum Gasteiger partial charge on any atom is 0.0195 e. The van der Waals surface area contributed by atoms with Crippen LogP contribution in [0.1, 0.15) is 52.4 Å². The lowest BCUT2D eigenvalue weighted by molar-refractivity contribution is 0.178. The van der Waals surface area contributed by atoms with Crippen LogP contribution in [0.25, 0.3) is 0 Å². The van der Waals surface area contributed by atoms with Crippen LogP contribution >= 0.6 is 0 Å². The lowest BCUT2D eigenvalue weighted by atomic mass is 10.1. The molecule has 0 amide bonds. The van der Waals surface area contributed by atoms with Crippen LogP contribution in [-0.4, -0.2) is 36.6 Å². The van der Waals surface area contributed by atoms with Crippen molar-refractivity contribution in [2.24, 2.45) is 5.92 Å². The van der Waals surface area contributed by atoms with Gasteiger partial charge >= 0.3 is 0 Å². The summed E-state index contributed by atoms with van der Waals surface area (Å²) in [5.74, 6) is 1.06. The third-order valence-electron chi connectivity index (χ3n) is 4.12. The summed E-state index contributed by atoms with van der Waals surface area (Å²) >= 11 is 0. The first kappa shape index (κ1) is 12.4. The Morgan fingerprint density at radius 2 is 2.12 bits per heavy atom. The van der Waals surface area contributed by atoms with E-state index in [0.29, 0.717) is 0 Å². The molecule has 0 spiro atoms. The largest absolute Gasteiger partial charge is 0.313 e. The molecule has 1 aliphatic heterocycles. The van der Waals surface area contributed by atoms with Gasteiger partial charge in [-0.15, -0.1) is 0 Å². The summed E-state index contributed by atoms with van der Waals surface area (Å²) in [6, 6.07) is 1.57. The van der Waals surface area contributed by atoms with Crippen LogP contribution in [0, 0.1) is 5.92 Å². The predicted octanol–water partition coefficient (Wildman–Crippen LogP) is 2.64. The minimum atomic E-state index is 0.771. The van der Waals surface area contributed by atoms with Crippen LogP contribution in [0.2, 0.25) is 0 Å². The van der Waals surface area contributed by atoms with Crippen molar-refractivity contribution >= 4 is 0 Å². The second kappa shape index (κ2) is 6.02. The lowest BCUT2D eigenvalue weighted by Gasteiger charge is -2.31. The Morgan fingerprint density at radius 1 is 1.31 bits per heavy atom. The van der Waals surface area contributed by atoms with Gasteiger partial charge in [-0.3, -0.25) is 4.90 Å². The Labute approximate surface area is 101 Å². The van der Waals surface area contributed by atoms with Gasteiger partial charge in [0.15, 0.2) is 0 Å². The van der Waals surface area contributed by atoms with E-state index in [-0.39, 0.29) is 0 Å². The quantitative estimate of drug-likeness (QED) is 0.715. The van der Waals surface area contributed by atoms with Crippen molar-refractivity contribution in [2.45, 2.75) is 64.5 Å². The fourth-order valence-corrected chi connectivity index (χ4v) is 2.96. The maximum absolute atomic E-state index is 3.63. The van der Waals surface area contributed by atoms with Crippen molar-refractivity contribution < 1.29 is 0 Å². The molecule has 1 aliphatic carbocycles. The fourth-order valence-electron chi connectivity index (χ4n) is 2.96. The molecule has 2 aliphatic rings. The van der Waals surface area contributed by atoms with Crippen molar-refractivity contribution in [2.75, 3.05) is 19.6 Å². The molecule has 1 heterocycles. The van der Waals surface area contributed by atoms with Crippen LogP contribution in [0.15, 0.2) is 0 Å². The molecule has 94 valence electrons. The SMILES string of the molecule is CCCN(CC1CCCN1)C(C)CC1CC1. The van der Waals surface area contributed by atoms with E-state index < -0.39 is 0 Å². The molecule has 0 aromatic carbocycles. The van der Waals surface area contributed by atoms with Gasteiger partial charge < -0.3 is 5.32 Å². The zero-order valence-electron chi connectivity index (χ0n) is 11.0. The van der Waals surface area contributed by atoms with Gasteiger partial charge in [0.25, 0.3) is 0 Å². The number of hydrogen-bond donors (Lipinski definition) is 1. The van der Waals surface area contributed by atoms with E-state index in [9.17, 15) is 0 Å². The summed E-state index contributed by atoms with van der Waals surface area (Å²) in [5, 5.41) is 3.63. The Morgan fingerprint density at radius 3 is 2.69 bits per heavy atom. The van der Waals surface area contributed by atoms with E-state index in [1.54, 1.807) is 0 Å². The zero-order valence-corrected chi connectivity index (χ0v) is 11.0. The second-order valence-electron chi connectivity index (χ2n) is 5.82. The first-order valence-electron chi connectivity index (χ1n) is 7.27. The monoisotopic (exact) mass is 224 g/mol. The average molecular weight is 224 g/mol. The Bertz CT molecular complexity index is 195. The molecule has 2 unspecified atom stereocenters. The van der Waals surface area contributed by atoms with Gasteiger partial charge in [0, 0.05) is 18.6 Å². The summed E-state index contributed by atoms with van der Waals surface area (Å²) in [4.78, 5) is 2.72. The number of hydrogen-bond acceptors (Lipinski definition) is 2. The van der Waals surface area contributed by atoms with Gasteiger partial charge in [-0.05, 0) is 51.6 Å². The molecule has 1 saturated carbocycles. The Hall–Kier alpha value is -0.0800. The van der Waals surface area contributed by atoms with Crippen molar-refractivity contribution in [1.82, 2.24) is 10.2 Å². The summed E-state index contributed by atoms with van der Waals surface area (Å²) < 4.78 is 0. The van der Waals surface area contributed by atoms with Crippen LogP contribution < -0.4 is 5.32 Å². The lowest BCUT2D eigenvalue weighted by Crippen LogP contribution is -2.42. The second-order valence-corrected chi connectivity index (χ2v) is 5.82. The summed E-state index contributed by atoms with van der Waals surface area (Å²) in [7, 11) is 0. The van der Waals surface area contributed by atoms with E-state index in [4.69, 9.17) is 0 Å². The van der Waals surface area contributed by atoms with Crippen LogP contribution in [0.5, 0.6) is 0 Å². The van der Waals surface area contributed by atoms with E-state index in [1.807, 2.05) is 0 Å². The van der Waals surface area contributed by atoms with Crippen LogP contribution in [0.4, 0.5) is 0 Å². The molecular formula is C14H28N2. The smallest absolute Gasteiger partial charge is 0.0195 e. The predicted molar refractivity (Wildman–Crippen MR) is 69.7 cm³/mol. The molecular weight excluding hydrogens is 196 g/mol. The van der Waals surface area contributed by atoms with Crippen molar-refractivity contribution in [3.05, 3.63) is 0 Å². The van der Waals surface area contributed by atoms with Gasteiger partial charge in [-0.2, -0.15) is 0 Å². The molecule has 2 rings (SSSR count). The standard InChI is InChI=1S/C14H28N2/c1-3-9-16(11-14-5-4-8-15-14)12(2)10-13-6-7-13/h12-15H,3-11H2,1-2H3. The van der Waals surface area contributed by atoms with Crippen molar-refractivity contribution in [3.8, 4) is 0 Å². The molecule has 16 heavy (non-hydrogen) atoms. The average Bonchev–Trinajstić information content (AvgIpc) is 2.93. The van der Waals surface area contributed by atoms with Crippen LogP contribution in [-0.2, 0) is 0 Å². The third kappa shape index (κ3) is 3.74. The topological polar surface area (TPSA) is 15.3 Å². The highest BCUT2D eigenvalue weighted by atomic mass is 15.2. The Balaban J connectivity index is 1.76. The molecule has 2 heteroatoms. The molecule has 0 aromatic heterocycles. The van der Waals surface area contributed by atoms with E-state index in [0.717, 1.165) is 18.0 Å².